The molecule has 28 heavy (non-hydrogen) atoms. The molecular weight excluding hydrogens is 399 g/mol. The fourth-order valence-electron chi connectivity index (χ4n) is 3.88. The number of carbonyl (C=O) groups excluding carboxylic acids is 1. The van der Waals surface area contributed by atoms with Crippen LogP contribution in [0.2, 0.25) is 0 Å². The molecule has 7 heteroatoms. The van der Waals surface area contributed by atoms with Crippen LogP contribution in [0, 0.1) is 0 Å². The van der Waals surface area contributed by atoms with Crippen LogP contribution in [0.15, 0.2) is 24.3 Å². The Morgan fingerprint density at radius 2 is 1.68 bits per heavy atom. The van der Waals surface area contributed by atoms with E-state index < -0.39 is 0 Å². The summed E-state index contributed by atoms with van der Waals surface area (Å²) in [7, 11) is 0. The lowest BCUT2D eigenvalue weighted by atomic mass is 10.1. The average Bonchev–Trinajstić information content (AvgIpc) is 3.05. The summed E-state index contributed by atoms with van der Waals surface area (Å²) >= 11 is 0. The Bertz CT molecular complexity index is 578. The van der Waals surface area contributed by atoms with E-state index in [1.165, 1.54) is 19.4 Å². The summed E-state index contributed by atoms with van der Waals surface area (Å²) in [6.07, 6.45) is 5.71. The van der Waals surface area contributed by atoms with Crippen molar-refractivity contribution in [2.75, 3.05) is 32.8 Å². The number of ether oxygens (including phenoxy) is 2. The molecule has 160 valence electrons. The molecule has 0 aromatic heterocycles. The van der Waals surface area contributed by atoms with Crippen molar-refractivity contribution in [2.24, 2.45) is 0 Å². The number of carbonyl (C=O) groups is 1. The molecule has 0 N–H and O–H groups in total. The molecule has 5 nitrogen and oxygen atoms in total. The quantitative estimate of drug-likeness (QED) is 0.606. The Labute approximate surface area is 181 Å². The molecule has 1 atom stereocenters. The molecular formula is C21H34Cl2N2O3. The van der Waals surface area contributed by atoms with E-state index >= 15 is 0 Å². The van der Waals surface area contributed by atoms with Crippen molar-refractivity contribution < 1.29 is 14.3 Å². The molecule has 2 heterocycles. The third-order valence-electron chi connectivity index (χ3n) is 5.56. The average molecular weight is 433 g/mol. The zero-order valence-electron chi connectivity index (χ0n) is 17.0. The number of piperidine rings is 1. The number of amides is 1. The van der Waals surface area contributed by atoms with Gasteiger partial charge in [-0.1, -0.05) is 0 Å². The Morgan fingerprint density at radius 3 is 2.25 bits per heavy atom. The molecule has 0 spiro atoms. The molecule has 2 saturated heterocycles. The first-order chi connectivity index (χ1) is 12.6. The highest BCUT2D eigenvalue weighted by atomic mass is 35.5. The van der Waals surface area contributed by atoms with Gasteiger partial charge in [0, 0.05) is 45.4 Å². The van der Waals surface area contributed by atoms with Crippen LogP contribution in [0.1, 0.15) is 46.0 Å². The lowest BCUT2D eigenvalue weighted by Gasteiger charge is -2.31. The zero-order valence-corrected chi connectivity index (χ0v) is 18.6. The van der Waals surface area contributed by atoms with E-state index in [4.69, 9.17) is 9.47 Å². The van der Waals surface area contributed by atoms with E-state index in [0.29, 0.717) is 0 Å². The van der Waals surface area contributed by atoms with Crippen molar-refractivity contribution in [3.05, 3.63) is 24.3 Å². The number of nitrogens with zero attached hydrogens (tertiary/aromatic N) is 2. The van der Waals surface area contributed by atoms with Crippen molar-refractivity contribution in [3.8, 4) is 11.5 Å². The maximum absolute atomic E-state index is 11.4. The first kappa shape index (κ1) is 24.9. The first-order valence-corrected chi connectivity index (χ1v) is 10.0. The fraction of sp³-hybridized carbons (Fsp3) is 0.667. The highest BCUT2D eigenvalue weighted by Gasteiger charge is 2.22. The summed E-state index contributed by atoms with van der Waals surface area (Å²) in [4.78, 5) is 15.8. The van der Waals surface area contributed by atoms with Crippen molar-refractivity contribution in [2.45, 2.75) is 58.1 Å². The van der Waals surface area contributed by atoms with E-state index in [1.54, 1.807) is 6.92 Å². The van der Waals surface area contributed by atoms with Gasteiger partial charge in [-0.2, -0.15) is 0 Å². The summed E-state index contributed by atoms with van der Waals surface area (Å²) < 4.78 is 11.9. The summed E-state index contributed by atoms with van der Waals surface area (Å²) in [5.74, 6) is 1.94. The highest BCUT2D eigenvalue weighted by molar-refractivity contribution is 5.85. The Morgan fingerprint density at radius 1 is 1.04 bits per heavy atom. The number of hydrogen-bond acceptors (Lipinski definition) is 4. The van der Waals surface area contributed by atoms with Crippen LogP contribution < -0.4 is 9.47 Å². The normalized spacial score (nSPS) is 20.2. The van der Waals surface area contributed by atoms with Gasteiger partial charge in [-0.25, -0.2) is 0 Å². The van der Waals surface area contributed by atoms with Crippen LogP contribution in [0.5, 0.6) is 11.5 Å². The molecule has 0 saturated carbocycles. The van der Waals surface area contributed by atoms with Crippen molar-refractivity contribution in [1.29, 1.82) is 0 Å². The molecule has 2 aliphatic heterocycles. The van der Waals surface area contributed by atoms with E-state index in [2.05, 4.69) is 11.8 Å². The second-order valence-corrected chi connectivity index (χ2v) is 7.52. The van der Waals surface area contributed by atoms with Crippen LogP contribution in [0.3, 0.4) is 0 Å². The second-order valence-electron chi connectivity index (χ2n) is 7.52. The van der Waals surface area contributed by atoms with Crippen molar-refractivity contribution >= 4 is 30.7 Å². The number of halogens is 2. The lowest BCUT2D eigenvalue weighted by molar-refractivity contribution is -0.130. The van der Waals surface area contributed by atoms with E-state index in [0.717, 1.165) is 63.0 Å². The molecule has 0 aliphatic carbocycles. The summed E-state index contributed by atoms with van der Waals surface area (Å²) in [5.41, 5.74) is 0. The molecule has 0 unspecified atom stereocenters. The third-order valence-corrected chi connectivity index (χ3v) is 5.56. The van der Waals surface area contributed by atoms with E-state index in [-0.39, 0.29) is 36.8 Å². The van der Waals surface area contributed by atoms with Crippen LogP contribution in [-0.2, 0) is 4.79 Å². The number of likely N-dealkylation sites (tertiary alicyclic amines) is 2. The monoisotopic (exact) mass is 432 g/mol. The van der Waals surface area contributed by atoms with Gasteiger partial charge < -0.3 is 19.3 Å². The second kappa shape index (κ2) is 12.4. The van der Waals surface area contributed by atoms with Gasteiger partial charge in [-0.05, 0) is 57.0 Å². The molecule has 3 rings (SSSR count). The lowest BCUT2D eigenvalue weighted by Crippen LogP contribution is -2.40. The van der Waals surface area contributed by atoms with E-state index in [9.17, 15) is 4.79 Å². The minimum atomic E-state index is 0. The maximum atomic E-state index is 11.4. The van der Waals surface area contributed by atoms with E-state index in [1.807, 2.05) is 29.2 Å². The summed E-state index contributed by atoms with van der Waals surface area (Å²) in [6, 6.07) is 8.66. The topological polar surface area (TPSA) is 42.0 Å². The van der Waals surface area contributed by atoms with Gasteiger partial charge in [-0.3, -0.25) is 4.79 Å². The fourth-order valence-corrected chi connectivity index (χ4v) is 3.88. The molecule has 0 bridgehead atoms. The minimum Gasteiger partial charge on any atom is -0.494 e. The van der Waals surface area contributed by atoms with Gasteiger partial charge in [0.2, 0.25) is 5.91 Å². The molecule has 1 amide bonds. The van der Waals surface area contributed by atoms with Gasteiger partial charge in [0.05, 0.1) is 6.61 Å². The predicted octanol–water partition coefficient (Wildman–Crippen LogP) is 4.17. The third kappa shape index (κ3) is 7.34. The van der Waals surface area contributed by atoms with Crippen LogP contribution >= 0.6 is 24.8 Å². The predicted molar refractivity (Wildman–Crippen MR) is 117 cm³/mol. The standard InChI is InChI=1S/C21H32N2O3.2ClH/c1-17-5-3-12-22(17)13-4-16-25-19-6-8-20(9-7-19)26-21-10-14-23(15-11-21)18(2)24;;/h6-9,17,21H,3-5,10-16H2,1-2H3;2*1H/t17-;;/m1../s1. The van der Waals surface area contributed by atoms with Gasteiger partial charge in [-0.15, -0.1) is 24.8 Å². The minimum absolute atomic E-state index is 0. The van der Waals surface area contributed by atoms with Crippen molar-refractivity contribution in [3.63, 3.8) is 0 Å². The van der Waals surface area contributed by atoms with Gasteiger partial charge >= 0.3 is 0 Å². The number of hydrogen-bond donors (Lipinski definition) is 0. The van der Waals surface area contributed by atoms with Crippen LogP contribution in [0.25, 0.3) is 0 Å². The number of benzene rings is 1. The largest absolute Gasteiger partial charge is 0.494 e. The molecule has 1 aromatic carbocycles. The van der Waals surface area contributed by atoms with Gasteiger partial charge in [0.15, 0.2) is 0 Å². The SMILES string of the molecule is CC(=O)N1CCC(Oc2ccc(OCCCN3CCC[C@H]3C)cc2)CC1.Cl.Cl. The molecule has 2 aliphatic rings. The van der Waals surface area contributed by atoms with Crippen LogP contribution in [-0.4, -0.2) is 60.6 Å². The van der Waals surface area contributed by atoms with Gasteiger partial charge in [0.25, 0.3) is 0 Å². The Hall–Kier alpha value is -1.17. The first-order valence-electron chi connectivity index (χ1n) is 10.0. The zero-order chi connectivity index (χ0) is 18.4. The smallest absolute Gasteiger partial charge is 0.219 e. The van der Waals surface area contributed by atoms with Crippen LogP contribution in [0.4, 0.5) is 0 Å². The summed E-state index contributed by atoms with van der Waals surface area (Å²) in [6.45, 7) is 8.64. The molecule has 2 fully saturated rings. The van der Waals surface area contributed by atoms with Crippen molar-refractivity contribution in [1.82, 2.24) is 9.80 Å². The summed E-state index contributed by atoms with van der Waals surface area (Å²) in [5, 5.41) is 0. The maximum Gasteiger partial charge on any atom is 0.219 e. The molecule has 1 aromatic rings. The highest BCUT2D eigenvalue weighted by Crippen LogP contribution is 2.22. The Kier molecular flexibility index (Phi) is 11.0. The molecule has 0 radical (unpaired) electrons. The Balaban J connectivity index is 0.00000196. The van der Waals surface area contributed by atoms with Gasteiger partial charge in [0.1, 0.15) is 17.6 Å². The number of rotatable bonds is 7.